The van der Waals surface area contributed by atoms with E-state index in [1.165, 1.54) is 47.4 Å². The van der Waals surface area contributed by atoms with Gasteiger partial charge in [-0.05, 0) is 30.7 Å². The Labute approximate surface area is 149 Å². The first-order valence-corrected chi connectivity index (χ1v) is 7.85. The lowest BCUT2D eigenvalue weighted by atomic mass is 10.2. The molecular formula is C18H17FN2O5. The van der Waals surface area contributed by atoms with Crippen LogP contribution in [0.1, 0.15) is 22.8 Å². The number of para-hydroxylation sites is 1. The van der Waals surface area contributed by atoms with Crippen molar-refractivity contribution >= 4 is 17.6 Å². The molecule has 0 radical (unpaired) electrons. The van der Waals surface area contributed by atoms with Gasteiger partial charge < -0.3 is 9.64 Å². The van der Waals surface area contributed by atoms with Crippen molar-refractivity contribution in [2.45, 2.75) is 13.5 Å². The molecule has 0 bridgehead atoms. The van der Waals surface area contributed by atoms with E-state index in [1.54, 1.807) is 13.0 Å². The van der Waals surface area contributed by atoms with Crippen molar-refractivity contribution in [2.24, 2.45) is 0 Å². The standard InChI is InChI=1S/C18H17FN2O5/c1-2-20(11-13-6-5-7-14(19)10-13)17(22)12-26-18(23)15-8-3-4-9-16(15)21(24)25/h3-10H,2,11-12H2,1H3. The van der Waals surface area contributed by atoms with Crippen molar-refractivity contribution in [3.63, 3.8) is 0 Å². The van der Waals surface area contributed by atoms with Crippen LogP contribution in [0, 0.1) is 15.9 Å². The molecule has 0 aliphatic heterocycles. The highest BCUT2D eigenvalue weighted by Crippen LogP contribution is 2.18. The summed E-state index contributed by atoms with van der Waals surface area (Å²) in [4.78, 5) is 35.9. The van der Waals surface area contributed by atoms with E-state index >= 15 is 0 Å². The van der Waals surface area contributed by atoms with Crippen LogP contribution in [0.2, 0.25) is 0 Å². The van der Waals surface area contributed by atoms with Crippen LogP contribution in [-0.2, 0) is 16.1 Å². The van der Waals surface area contributed by atoms with E-state index in [2.05, 4.69) is 0 Å². The number of amides is 1. The molecule has 0 unspecified atom stereocenters. The summed E-state index contributed by atoms with van der Waals surface area (Å²) in [6.45, 7) is 1.67. The highest BCUT2D eigenvalue weighted by Gasteiger charge is 2.22. The number of nitro benzene ring substituents is 1. The van der Waals surface area contributed by atoms with E-state index in [9.17, 15) is 24.1 Å². The minimum Gasteiger partial charge on any atom is -0.452 e. The van der Waals surface area contributed by atoms with Gasteiger partial charge in [0.1, 0.15) is 11.4 Å². The van der Waals surface area contributed by atoms with Crippen LogP contribution in [0.15, 0.2) is 48.5 Å². The monoisotopic (exact) mass is 360 g/mol. The third-order valence-electron chi connectivity index (χ3n) is 3.64. The molecule has 0 aromatic heterocycles. The van der Waals surface area contributed by atoms with Crippen LogP contribution in [-0.4, -0.2) is 34.9 Å². The second-order valence-electron chi connectivity index (χ2n) is 5.39. The number of rotatable bonds is 7. The molecule has 136 valence electrons. The fourth-order valence-corrected chi connectivity index (χ4v) is 2.33. The predicted molar refractivity (Wildman–Crippen MR) is 90.9 cm³/mol. The first-order chi connectivity index (χ1) is 12.4. The maximum atomic E-state index is 13.2. The smallest absolute Gasteiger partial charge is 0.345 e. The molecule has 0 atom stereocenters. The van der Waals surface area contributed by atoms with Crippen molar-refractivity contribution in [3.05, 3.63) is 75.6 Å². The normalized spacial score (nSPS) is 10.2. The molecule has 0 saturated heterocycles. The van der Waals surface area contributed by atoms with Gasteiger partial charge in [-0.15, -0.1) is 0 Å². The number of likely N-dealkylation sites (N-methyl/N-ethyl adjacent to an activating group) is 1. The Bertz CT molecular complexity index is 825. The van der Waals surface area contributed by atoms with Gasteiger partial charge in [0.05, 0.1) is 4.92 Å². The maximum absolute atomic E-state index is 13.2. The van der Waals surface area contributed by atoms with Crippen molar-refractivity contribution in [1.82, 2.24) is 4.90 Å². The van der Waals surface area contributed by atoms with Crippen molar-refractivity contribution in [2.75, 3.05) is 13.2 Å². The number of carbonyl (C=O) groups excluding carboxylic acids is 2. The van der Waals surface area contributed by atoms with Gasteiger partial charge in [0, 0.05) is 19.2 Å². The number of benzene rings is 2. The Hall–Kier alpha value is -3.29. The highest BCUT2D eigenvalue weighted by atomic mass is 19.1. The Kier molecular flexibility index (Phi) is 6.37. The Morgan fingerprint density at radius 1 is 1.19 bits per heavy atom. The molecule has 2 rings (SSSR count). The van der Waals surface area contributed by atoms with Gasteiger partial charge in [0.2, 0.25) is 0 Å². The SMILES string of the molecule is CCN(Cc1cccc(F)c1)C(=O)COC(=O)c1ccccc1[N+](=O)[O-]. The topological polar surface area (TPSA) is 89.8 Å². The van der Waals surface area contributed by atoms with Crippen molar-refractivity contribution < 1.29 is 23.6 Å². The summed E-state index contributed by atoms with van der Waals surface area (Å²) in [5.74, 6) is -1.84. The minimum absolute atomic E-state index is 0.163. The number of nitro groups is 1. The number of carbonyl (C=O) groups is 2. The number of esters is 1. The zero-order valence-electron chi connectivity index (χ0n) is 14.1. The summed E-state index contributed by atoms with van der Waals surface area (Å²) in [5, 5.41) is 10.9. The first kappa shape index (κ1) is 19.0. The largest absolute Gasteiger partial charge is 0.452 e. The molecular weight excluding hydrogens is 343 g/mol. The predicted octanol–water partition coefficient (Wildman–Crippen LogP) is 2.94. The summed E-state index contributed by atoms with van der Waals surface area (Å²) in [5.41, 5.74) is -0.0132. The van der Waals surface area contributed by atoms with Gasteiger partial charge in [0.25, 0.3) is 11.6 Å². The molecule has 0 aliphatic carbocycles. The zero-order valence-corrected chi connectivity index (χ0v) is 14.1. The number of hydrogen-bond acceptors (Lipinski definition) is 5. The van der Waals surface area contributed by atoms with Crippen molar-refractivity contribution in [1.29, 1.82) is 0 Å². The van der Waals surface area contributed by atoms with Crippen molar-refractivity contribution in [3.8, 4) is 0 Å². The summed E-state index contributed by atoms with van der Waals surface area (Å²) < 4.78 is 18.2. The van der Waals surface area contributed by atoms with E-state index in [1.807, 2.05) is 0 Å². The van der Waals surface area contributed by atoms with Crippen LogP contribution in [0.5, 0.6) is 0 Å². The maximum Gasteiger partial charge on any atom is 0.345 e. The van der Waals surface area contributed by atoms with E-state index in [4.69, 9.17) is 4.74 Å². The van der Waals surface area contributed by atoms with E-state index in [0.29, 0.717) is 12.1 Å². The molecule has 7 nitrogen and oxygen atoms in total. The summed E-state index contributed by atoms with van der Waals surface area (Å²) in [6.07, 6.45) is 0. The van der Waals surface area contributed by atoms with Gasteiger partial charge in [-0.2, -0.15) is 0 Å². The Morgan fingerprint density at radius 2 is 1.92 bits per heavy atom. The van der Waals surface area contributed by atoms with Crippen LogP contribution >= 0.6 is 0 Å². The average Bonchev–Trinajstić information content (AvgIpc) is 2.63. The van der Waals surface area contributed by atoms with Gasteiger partial charge in [-0.25, -0.2) is 9.18 Å². The lowest BCUT2D eigenvalue weighted by Gasteiger charge is -2.20. The minimum atomic E-state index is -0.951. The quantitative estimate of drug-likeness (QED) is 0.430. The van der Waals surface area contributed by atoms with Gasteiger partial charge in [0.15, 0.2) is 6.61 Å². The van der Waals surface area contributed by atoms with Crippen LogP contribution < -0.4 is 0 Å². The molecule has 2 aromatic carbocycles. The summed E-state index contributed by atoms with van der Waals surface area (Å²) in [6, 6.07) is 11.2. The van der Waals surface area contributed by atoms with E-state index in [-0.39, 0.29) is 12.1 Å². The molecule has 0 saturated carbocycles. The molecule has 8 heteroatoms. The lowest BCUT2D eigenvalue weighted by Crippen LogP contribution is -2.34. The third-order valence-corrected chi connectivity index (χ3v) is 3.64. The second-order valence-corrected chi connectivity index (χ2v) is 5.39. The first-order valence-electron chi connectivity index (χ1n) is 7.85. The Balaban J connectivity index is 2.00. The fraction of sp³-hybridized carbons (Fsp3) is 0.222. The molecule has 0 heterocycles. The lowest BCUT2D eigenvalue weighted by molar-refractivity contribution is -0.385. The van der Waals surface area contributed by atoms with E-state index in [0.717, 1.165) is 0 Å². The number of nitrogens with zero attached hydrogens (tertiary/aromatic N) is 2. The zero-order chi connectivity index (χ0) is 19.1. The summed E-state index contributed by atoms with van der Waals surface area (Å²) >= 11 is 0. The average molecular weight is 360 g/mol. The molecule has 0 fully saturated rings. The second kappa shape index (κ2) is 8.70. The van der Waals surface area contributed by atoms with Crippen LogP contribution in [0.25, 0.3) is 0 Å². The molecule has 0 N–H and O–H groups in total. The molecule has 1 amide bonds. The number of ether oxygens (including phenoxy) is 1. The summed E-state index contributed by atoms with van der Waals surface area (Å²) in [7, 11) is 0. The molecule has 2 aromatic rings. The Morgan fingerprint density at radius 3 is 2.58 bits per heavy atom. The fourth-order valence-electron chi connectivity index (χ4n) is 2.33. The van der Waals surface area contributed by atoms with Crippen LogP contribution in [0.4, 0.5) is 10.1 Å². The number of hydrogen-bond donors (Lipinski definition) is 0. The molecule has 26 heavy (non-hydrogen) atoms. The van der Waals surface area contributed by atoms with Crippen LogP contribution in [0.3, 0.4) is 0 Å². The van der Waals surface area contributed by atoms with E-state index < -0.39 is 34.9 Å². The van der Waals surface area contributed by atoms with Gasteiger partial charge in [-0.3, -0.25) is 14.9 Å². The molecule has 0 aliphatic rings. The third kappa shape index (κ3) is 4.85. The molecule has 0 spiro atoms. The van der Waals surface area contributed by atoms with Gasteiger partial charge in [-0.1, -0.05) is 24.3 Å². The highest BCUT2D eigenvalue weighted by molar-refractivity contribution is 5.95. The van der Waals surface area contributed by atoms with Gasteiger partial charge >= 0.3 is 5.97 Å². The number of halogens is 1.